The van der Waals surface area contributed by atoms with E-state index in [1.807, 2.05) is 37.3 Å². The quantitative estimate of drug-likeness (QED) is 0.661. The lowest BCUT2D eigenvalue weighted by molar-refractivity contribution is -0.907. The van der Waals surface area contributed by atoms with E-state index in [4.69, 9.17) is 4.74 Å². The molecule has 2 heterocycles. The number of carbonyl (C=O) groups is 1. The molecule has 0 spiro atoms. The molecule has 0 saturated heterocycles. The molecule has 0 saturated carbocycles. The number of quaternary nitrogens is 1. The normalized spacial score (nSPS) is 15.2. The Morgan fingerprint density at radius 1 is 1.14 bits per heavy atom. The zero-order valence-electron chi connectivity index (χ0n) is 16.5. The predicted octanol–water partition coefficient (Wildman–Crippen LogP) is 2.93. The average Bonchev–Trinajstić information content (AvgIpc) is 3.03. The van der Waals surface area contributed by atoms with Crippen LogP contribution in [0, 0.1) is 6.92 Å². The number of pyridine rings is 1. The molecule has 2 aromatic carbocycles. The number of aromatic hydroxyl groups is 1. The van der Waals surface area contributed by atoms with Gasteiger partial charge in [0.2, 0.25) is 5.78 Å². The number of nitrogens with one attached hydrogen (secondary N) is 1. The molecule has 5 heteroatoms. The zero-order chi connectivity index (χ0) is 20.4. The standard InChI is InChI=1S/C24H22N2O3/c1-16-11-20(27)19(15-26(2)14-17-7-4-3-5-8-17)24-22(16)23(28)21(29-24)12-18-9-6-10-25-13-18/h3-13,27H,14-15H2,1-2H3/p+1/b21-12-. The molecule has 0 radical (unpaired) electrons. The zero-order valence-corrected chi connectivity index (χ0v) is 16.5. The Morgan fingerprint density at radius 3 is 2.66 bits per heavy atom. The maximum Gasteiger partial charge on any atom is 0.232 e. The Bertz CT molecular complexity index is 1080. The average molecular weight is 387 g/mol. The number of carbonyl (C=O) groups excluding carboxylic acids is 1. The van der Waals surface area contributed by atoms with E-state index in [2.05, 4.69) is 24.2 Å². The van der Waals surface area contributed by atoms with Gasteiger partial charge in [0, 0.05) is 18.0 Å². The number of Topliss-reactive ketones (excluding diaryl/α,β-unsaturated/α-hetero) is 1. The van der Waals surface area contributed by atoms with Crippen LogP contribution in [-0.2, 0) is 13.1 Å². The van der Waals surface area contributed by atoms with Crippen LogP contribution in [0.4, 0.5) is 0 Å². The van der Waals surface area contributed by atoms with Gasteiger partial charge in [0.25, 0.3) is 0 Å². The molecule has 0 bridgehead atoms. The van der Waals surface area contributed by atoms with Crippen LogP contribution in [0.1, 0.15) is 32.6 Å². The van der Waals surface area contributed by atoms with Crippen molar-refractivity contribution in [2.75, 3.05) is 7.05 Å². The van der Waals surface area contributed by atoms with E-state index in [0.717, 1.165) is 12.1 Å². The molecule has 146 valence electrons. The van der Waals surface area contributed by atoms with Gasteiger partial charge in [-0.05, 0) is 36.3 Å². The minimum absolute atomic E-state index is 0.157. The first-order valence-corrected chi connectivity index (χ1v) is 9.58. The number of aryl methyl sites for hydroxylation is 1. The van der Waals surface area contributed by atoms with Gasteiger partial charge in [0.15, 0.2) is 11.5 Å². The SMILES string of the molecule is Cc1cc(O)c(C[NH+](C)Cc2ccccc2)c2c1C(=O)/C(=C/c1cccnc1)O2. The highest BCUT2D eigenvalue weighted by Crippen LogP contribution is 2.41. The summed E-state index contributed by atoms with van der Waals surface area (Å²) in [6, 6.07) is 15.5. The summed E-state index contributed by atoms with van der Waals surface area (Å²) in [6.07, 6.45) is 5.05. The van der Waals surface area contributed by atoms with Crippen LogP contribution in [0.15, 0.2) is 66.7 Å². The topological polar surface area (TPSA) is 63.9 Å². The monoisotopic (exact) mass is 387 g/mol. The molecule has 29 heavy (non-hydrogen) atoms. The number of fused-ring (bicyclic) bond motifs is 1. The summed E-state index contributed by atoms with van der Waals surface area (Å²) in [5, 5.41) is 10.6. The third kappa shape index (κ3) is 3.91. The fourth-order valence-electron chi connectivity index (χ4n) is 3.67. The first kappa shape index (κ1) is 18.9. The van der Waals surface area contributed by atoms with Crippen molar-refractivity contribution in [1.82, 2.24) is 4.98 Å². The van der Waals surface area contributed by atoms with Gasteiger partial charge in [-0.25, -0.2) is 0 Å². The Morgan fingerprint density at radius 2 is 1.93 bits per heavy atom. The maximum atomic E-state index is 13.0. The second-order valence-corrected chi connectivity index (χ2v) is 7.42. The molecule has 1 aliphatic rings. The lowest BCUT2D eigenvalue weighted by Gasteiger charge is -2.17. The first-order valence-electron chi connectivity index (χ1n) is 9.58. The fourth-order valence-corrected chi connectivity index (χ4v) is 3.67. The minimum Gasteiger partial charge on any atom is -0.507 e. The predicted molar refractivity (Wildman–Crippen MR) is 111 cm³/mol. The number of hydrogen-bond acceptors (Lipinski definition) is 4. The van der Waals surface area contributed by atoms with Crippen LogP contribution in [0.5, 0.6) is 11.5 Å². The third-order valence-corrected chi connectivity index (χ3v) is 5.03. The molecule has 0 fully saturated rings. The Hall–Kier alpha value is -3.44. The van der Waals surface area contributed by atoms with Gasteiger partial charge >= 0.3 is 0 Å². The molecule has 0 aliphatic carbocycles. The summed E-state index contributed by atoms with van der Waals surface area (Å²) in [5.74, 6) is 0.714. The van der Waals surface area contributed by atoms with Gasteiger partial charge < -0.3 is 14.7 Å². The summed E-state index contributed by atoms with van der Waals surface area (Å²) >= 11 is 0. The van der Waals surface area contributed by atoms with Gasteiger partial charge in [0.1, 0.15) is 18.8 Å². The van der Waals surface area contributed by atoms with Crippen LogP contribution in [0.2, 0.25) is 0 Å². The van der Waals surface area contributed by atoms with E-state index in [9.17, 15) is 9.90 Å². The second-order valence-electron chi connectivity index (χ2n) is 7.42. The van der Waals surface area contributed by atoms with Gasteiger partial charge in [-0.3, -0.25) is 9.78 Å². The van der Waals surface area contributed by atoms with Crippen LogP contribution in [-0.4, -0.2) is 22.9 Å². The number of benzene rings is 2. The van der Waals surface area contributed by atoms with Crippen LogP contribution >= 0.6 is 0 Å². The Labute approximate surface area is 169 Å². The smallest absolute Gasteiger partial charge is 0.232 e. The van der Waals surface area contributed by atoms with Crippen molar-refractivity contribution in [3.8, 4) is 11.5 Å². The molecule has 1 atom stereocenters. The summed E-state index contributed by atoms with van der Waals surface area (Å²) in [7, 11) is 2.06. The number of allylic oxidation sites excluding steroid dienone is 1. The molecule has 1 unspecified atom stereocenters. The molecule has 5 nitrogen and oxygen atoms in total. The van der Waals surface area contributed by atoms with Crippen LogP contribution in [0.3, 0.4) is 0 Å². The van der Waals surface area contributed by atoms with Gasteiger partial charge in [-0.2, -0.15) is 0 Å². The largest absolute Gasteiger partial charge is 0.507 e. The lowest BCUT2D eigenvalue weighted by Crippen LogP contribution is -3.06. The molecule has 2 N–H and O–H groups in total. The number of phenols is 1. The molecular formula is C24H23N2O3+. The number of aromatic nitrogens is 1. The van der Waals surface area contributed by atoms with Crippen molar-refractivity contribution >= 4 is 11.9 Å². The van der Waals surface area contributed by atoms with Crippen molar-refractivity contribution in [3.05, 3.63) is 94.5 Å². The van der Waals surface area contributed by atoms with Crippen LogP contribution < -0.4 is 9.64 Å². The molecule has 0 amide bonds. The van der Waals surface area contributed by atoms with Gasteiger partial charge in [-0.1, -0.05) is 36.4 Å². The van der Waals surface area contributed by atoms with Crippen molar-refractivity contribution in [3.63, 3.8) is 0 Å². The number of rotatable bonds is 5. The van der Waals surface area contributed by atoms with Gasteiger partial charge in [0.05, 0.1) is 18.2 Å². The lowest BCUT2D eigenvalue weighted by atomic mass is 9.99. The number of ether oxygens (including phenoxy) is 1. The van der Waals surface area contributed by atoms with E-state index in [1.54, 1.807) is 24.5 Å². The second kappa shape index (κ2) is 7.89. The van der Waals surface area contributed by atoms with E-state index < -0.39 is 0 Å². The third-order valence-electron chi connectivity index (χ3n) is 5.03. The fraction of sp³-hybridized carbons (Fsp3) is 0.167. The van der Waals surface area contributed by atoms with Crippen molar-refractivity contribution in [2.24, 2.45) is 0 Å². The van der Waals surface area contributed by atoms with E-state index in [0.29, 0.717) is 29.0 Å². The molecule has 1 aromatic heterocycles. The number of ketones is 1. The highest BCUT2D eigenvalue weighted by atomic mass is 16.5. The summed E-state index contributed by atoms with van der Waals surface area (Å²) in [6.45, 7) is 3.16. The summed E-state index contributed by atoms with van der Waals surface area (Å²) < 4.78 is 5.98. The summed E-state index contributed by atoms with van der Waals surface area (Å²) in [4.78, 5) is 18.2. The minimum atomic E-state index is -0.164. The summed E-state index contributed by atoms with van der Waals surface area (Å²) in [5.41, 5.74) is 3.89. The molecule has 4 rings (SSSR count). The number of hydrogen-bond donors (Lipinski definition) is 2. The van der Waals surface area contributed by atoms with E-state index in [-0.39, 0.29) is 17.3 Å². The molecular weight excluding hydrogens is 364 g/mol. The first-order chi connectivity index (χ1) is 14.0. The van der Waals surface area contributed by atoms with Crippen molar-refractivity contribution in [2.45, 2.75) is 20.0 Å². The maximum absolute atomic E-state index is 13.0. The number of phenolic OH excluding ortho intramolecular Hbond substituents is 1. The van der Waals surface area contributed by atoms with Crippen molar-refractivity contribution < 1.29 is 19.5 Å². The Kier molecular flexibility index (Phi) is 5.14. The Balaban J connectivity index is 1.65. The van der Waals surface area contributed by atoms with Crippen LogP contribution in [0.25, 0.3) is 6.08 Å². The van der Waals surface area contributed by atoms with Crippen molar-refractivity contribution in [1.29, 1.82) is 0 Å². The highest BCUT2D eigenvalue weighted by molar-refractivity contribution is 6.15. The highest BCUT2D eigenvalue weighted by Gasteiger charge is 2.34. The van der Waals surface area contributed by atoms with E-state index in [1.165, 1.54) is 10.5 Å². The number of nitrogens with zero attached hydrogens (tertiary/aromatic N) is 1. The van der Waals surface area contributed by atoms with E-state index >= 15 is 0 Å². The van der Waals surface area contributed by atoms with Gasteiger partial charge in [-0.15, -0.1) is 0 Å². The molecule has 3 aromatic rings. The molecule has 1 aliphatic heterocycles.